The van der Waals surface area contributed by atoms with Gasteiger partial charge < -0.3 is 15.0 Å². The Bertz CT molecular complexity index is 1030. The summed E-state index contributed by atoms with van der Waals surface area (Å²) in [5.41, 5.74) is 0.921. The van der Waals surface area contributed by atoms with Gasteiger partial charge in [0.15, 0.2) is 0 Å². The zero-order valence-corrected chi connectivity index (χ0v) is 18.6. The van der Waals surface area contributed by atoms with Crippen LogP contribution in [0.5, 0.6) is 5.75 Å². The number of piperazine rings is 1. The van der Waals surface area contributed by atoms with Gasteiger partial charge >= 0.3 is 0 Å². The Balaban J connectivity index is 1.46. The molecule has 0 bridgehead atoms. The molecule has 1 aliphatic heterocycles. The standard InChI is InChI=1S/C23H29N3O4S/c1-25-12-14-26(15-13-25)31(28,29)22-11-4-6-18(16-22)23(27)24-19-7-5-10-21(17-19)30-20-8-2-3-9-20/h4-7,10-11,16-17,20H,2-3,8-9,12-15H2,1H3,(H,24,27). The maximum absolute atomic E-state index is 13.0. The normalized spacial score (nSPS) is 18.7. The van der Waals surface area contributed by atoms with Crippen molar-refractivity contribution in [2.45, 2.75) is 36.7 Å². The summed E-state index contributed by atoms with van der Waals surface area (Å²) >= 11 is 0. The summed E-state index contributed by atoms with van der Waals surface area (Å²) < 4.78 is 33.5. The molecule has 0 spiro atoms. The van der Waals surface area contributed by atoms with Crippen LogP contribution in [0.15, 0.2) is 53.4 Å². The molecule has 0 unspecified atom stereocenters. The molecule has 1 aliphatic carbocycles. The van der Waals surface area contributed by atoms with Crippen LogP contribution in [-0.2, 0) is 10.0 Å². The van der Waals surface area contributed by atoms with Crippen LogP contribution in [0.25, 0.3) is 0 Å². The van der Waals surface area contributed by atoms with E-state index in [-0.39, 0.29) is 16.9 Å². The topological polar surface area (TPSA) is 79.0 Å². The monoisotopic (exact) mass is 443 g/mol. The molecule has 2 aromatic rings. The van der Waals surface area contributed by atoms with Gasteiger partial charge in [0.25, 0.3) is 5.91 Å². The summed E-state index contributed by atoms with van der Waals surface area (Å²) in [6, 6.07) is 13.5. The van der Waals surface area contributed by atoms with E-state index in [1.807, 2.05) is 19.2 Å². The van der Waals surface area contributed by atoms with Crippen LogP contribution in [0.1, 0.15) is 36.0 Å². The van der Waals surface area contributed by atoms with E-state index in [4.69, 9.17) is 4.74 Å². The molecule has 4 rings (SSSR count). The number of amides is 1. The molecule has 1 amide bonds. The zero-order chi connectivity index (χ0) is 21.8. The van der Waals surface area contributed by atoms with Crippen molar-refractivity contribution in [1.82, 2.24) is 9.21 Å². The minimum atomic E-state index is -3.63. The minimum absolute atomic E-state index is 0.142. The van der Waals surface area contributed by atoms with E-state index in [9.17, 15) is 13.2 Å². The SMILES string of the molecule is CN1CCN(S(=O)(=O)c2cccc(C(=O)Nc3cccc(OC4CCCC4)c3)c2)CC1. The van der Waals surface area contributed by atoms with Gasteiger partial charge in [-0.25, -0.2) is 8.42 Å². The van der Waals surface area contributed by atoms with E-state index >= 15 is 0 Å². The summed E-state index contributed by atoms with van der Waals surface area (Å²) in [4.78, 5) is 15.0. The van der Waals surface area contributed by atoms with Crippen molar-refractivity contribution in [3.05, 3.63) is 54.1 Å². The Hall–Kier alpha value is -2.42. The van der Waals surface area contributed by atoms with Crippen LogP contribution in [0.2, 0.25) is 0 Å². The van der Waals surface area contributed by atoms with Crippen molar-refractivity contribution in [3.8, 4) is 5.75 Å². The molecule has 7 nitrogen and oxygen atoms in total. The fourth-order valence-corrected chi connectivity index (χ4v) is 5.49. The van der Waals surface area contributed by atoms with Gasteiger partial charge in [-0.3, -0.25) is 4.79 Å². The Kier molecular flexibility index (Phi) is 6.60. The lowest BCUT2D eigenvalue weighted by molar-refractivity contribution is 0.102. The number of hydrogen-bond donors (Lipinski definition) is 1. The third-order valence-corrected chi connectivity index (χ3v) is 7.79. The first-order chi connectivity index (χ1) is 14.9. The van der Waals surface area contributed by atoms with Gasteiger partial charge in [0.05, 0.1) is 11.0 Å². The Morgan fingerprint density at radius 2 is 1.71 bits per heavy atom. The minimum Gasteiger partial charge on any atom is -0.490 e. The number of hydrogen-bond acceptors (Lipinski definition) is 5. The summed E-state index contributed by atoms with van der Waals surface area (Å²) in [6.45, 7) is 2.28. The van der Waals surface area contributed by atoms with E-state index in [1.54, 1.807) is 30.3 Å². The van der Waals surface area contributed by atoms with Crippen molar-refractivity contribution in [1.29, 1.82) is 0 Å². The first-order valence-corrected chi connectivity index (χ1v) is 12.2. The Labute approximate surface area is 184 Å². The number of nitrogens with one attached hydrogen (secondary N) is 1. The highest BCUT2D eigenvalue weighted by Crippen LogP contribution is 2.26. The molecule has 1 heterocycles. The second-order valence-corrected chi connectivity index (χ2v) is 10.2. The van der Waals surface area contributed by atoms with Gasteiger partial charge in [0.1, 0.15) is 5.75 Å². The molecule has 2 aliphatic rings. The van der Waals surface area contributed by atoms with Crippen molar-refractivity contribution >= 4 is 21.6 Å². The molecule has 0 aromatic heterocycles. The highest BCUT2D eigenvalue weighted by atomic mass is 32.2. The second-order valence-electron chi connectivity index (χ2n) is 8.24. The molecule has 0 radical (unpaired) electrons. The number of likely N-dealkylation sites (N-methyl/N-ethyl adjacent to an activating group) is 1. The third kappa shape index (κ3) is 5.26. The fraction of sp³-hybridized carbons (Fsp3) is 0.435. The first kappa shape index (κ1) is 21.8. The van der Waals surface area contributed by atoms with E-state index in [0.717, 1.165) is 18.6 Å². The predicted octanol–water partition coefficient (Wildman–Crippen LogP) is 3.20. The average molecular weight is 444 g/mol. The smallest absolute Gasteiger partial charge is 0.255 e. The van der Waals surface area contributed by atoms with E-state index < -0.39 is 10.0 Å². The maximum Gasteiger partial charge on any atom is 0.255 e. The lowest BCUT2D eigenvalue weighted by Crippen LogP contribution is -2.47. The van der Waals surface area contributed by atoms with Crippen LogP contribution < -0.4 is 10.1 Å². The number of carbonyl (C=O) groups excluding carboxylic acids is 1. The predicted molar refractivity (Wildman–Crippen MR) is 120 cm³/mol. The van der Waals surface area contributed by atoms with Gasteiger partial charge in [0.2, 0.25) is 10.0 Å². The molecular weight excluding hydrogens is 414 g/mol. The second kappa shape index (κ2) is 9.38. The van der Waals surface area contributed by atoms with Crippen molar-refractivity contribution < 1.29 is 17.9 Å². The highest BCUT2D eigenvalue weighted by molar-refractivity contribution is 7.89. The number of sulfonamides is 1. The summed E-state index contributed by atoms with van der Waals surface area (Å²) in [6.07, 6.45) is 4.74. The van der Waals surface area contributed by atoms with Crippen LogP contribution >= 0.6 is 0 Å². The largest absolute Gasteiger partial charge is 0.490 e. The molecule has 8 heteroatoms. The van der Waals surface area contributed by atoms with Gasteiger partial charge in [-0.2, -0.15) is 4.31 Å². The summed E-state index contributed by atoms with van der Waals surface area (Å²) in [5, 5.41) is 2.85. The molecule has 1 N–H and O–H groups in total. The Morgan fingerprint density at radius 1 is 1.00 bits per heavy atom. The highest BCUT2D eigenvalue weighted by Gasteiger charge is 2.28. The van der Waals surface area contributed by atoms with Gasteiger partial charge in [-0.15, -0.1) is 0 Å². The van der Waals surface area contributed by atoms with Crippen LogP contribution in [0.4, 0.5) is 5.69 Å². The first-order valence-electron chi connectivity index (χ1n) is 10.8. The number of carbonyl (C=O) groups is 1. The number of ether oxygens (including phenoxy) is 1. The van der Waals surface area contributed by atoms with E-state index in [0.29, 0.717) is 37.4 Å². The molecule has 2 aromatic carbocycles. The lowest BCUT2D eigenvalue weighted by atomic mass is 10.2. The average Bonchev–Trinajstić information content (AvgIpc) is 3.27. The van der Waals surface area contributed by atoms with E-state index in [1.165, 1.54) is 23.2 Å². The summed E-state index contributed by atoms with van der Waals surface area (Å²) in [5.74, 6) is 0.379. The number of nitrogens with zero attached hydrogens (tertiary/aromatic N) is 2. The van der Waals surface area contributed by atoms with Gasteiger partial charge in [0, 0.05) is 43.5 Å². The van der Waals surface area contributed by atoms with Crippen LogP contribution in [0.3, 0.4) is 0 Å². The molecule has 1 saturated carbocycles. The van der Waals surface area contributed by atoms with Crippen molar-refractivity contribution in [2.75, 3.05) is 38.5 Å². The van der Waals surface area contributed by atoms with Crippen LogP contribution in [-0.4, -0.2) is 62.9 Å². The summed E-state index contributed by atoms with van der Waals surface area (Å²) in [7, 11) is -1.65. The van der Waals surface area contributed by atoms with E-state index in [2.05, 4.69) is 10.2 Å². The fourth-order valence-electron chi connectivity index (χ4n) is 4.02. The zero-order valence-electron chi connectivity index (χ0n) is 17.8. The van der Waals surface area contributed by atoms with Gasteiger partial charge in [-0.1, -0.05) is 12.1 Å². The van der Waals surface area contributed by atoms with Crippen LogP contribution in [0, 0.1) is 0 Å². The third-order valence-electron chi connectivity index (χ3n) is 5.89. The lowest BCUT2D eigenvalue weighted by Gasteiger charge is -2.31. The number of anilines is 1. The maximum atomic E-state index is 13.0. The Morgan fingerprint density at radius 3 is 2.45 bits per heavy atom. The molecule has 1 saturated heterocycles. The number of rotatable bonds is 6. The molecule has 0 atom stereocenters. The number of benzene rings is 2. The molecule has 31 heavy (non-hydrogen) atoms. The van der Waals surface area contributed by atoms with Gasteiger partial charge in [-0.05, 0) is 63.1 Å². The molecular formula is C23H29N3O4S. The quantitative estimate of drug-likeness (QED) is 0.742. The molecule has 166 valence electrons. The van der Waals surface area contributed by atoms with Crippen molar-refractivity contribution in [3.63, 3.8) is 0 Å². The van der Waals surface area contributed by atoms with Crippen molar-refractivity contribution in [2.24, 2.45) is 0 Å². The molecule has 2 fully saturated rings.